The fourth-order valence-corrected chi connectivity index (χ4v) is 0.787. The Kier molecular flexibility index (Phi) is 0.395. The number of nitrogens with zero attached hydrogens (tertiary/aromatic N) is 2. The van der Waals surface area contributed by atoms with Gasteiger partial charge in [0.15, 0.2) is 0 Å². The van der Waals surface area contributed by atoms with Gasteiger partial charge in [0.1, 0.15) is 11.6 Å². The highest BCUT2D eigenvalue weighted by molar-refractivity contribution is 7.06. The van der Waals surface area contributed by atoms with Crippen LogP contribution >= 0.6 is 11.6 Å². The van der Waals surface area contributed by atoms with Crippen LogP contribution in [0.15, 0.2) is 3.96 Å². The first-order chi connectivity index (χ1) is 3.47. The van der Waals surface area contributed by atoms with Crippen LogP contribution in [0.3, 0.4) is 0 Å². The third-order valence-corrected chi connectivity index (χ3v) is 1.30. The van der Waals surface area contributed by atoms with Crippen LogP contribution in [-0.4, -0.2) is 15.4 Å². The van der Waals surface area contributed by atoms with Crippen LogP contribution in [-0.2, 0) is 0 Å². The molecule has 2 aliphatic rings. The molecule has 0 fully saturated rings. The second kappa shape index (κ2) is 0.865. The lowest BCUT2D eigenvalue weighted by molar-refractivity contribution is 0.512. The van der Waals surface area contributed by atoms with Gasteiger partial charge >= 0.3 is 0 Å². The van der Waals surface area contributed by atoms with Crippen LogP contribution in [0.4, 0.5) is 0 Å². The molecule has 0 atom stereocenters. The van der Waals surface area contributed by atoms with Gasteiger partial charge in [-0.2, -0.15) is 5.10 Å². The van der Waals surface area contributed by atoms with Crippen molar-refractivity contribution in [2.45, 2.75) is 0 Å². The van der Waals surface area contributed by atoms with Gasteiger partial charge in [-0.25, -0.2) is 0 Å². The first kappa shape index (κ1) is 3.20. The summed E-state index contributed by atoms with van der Waals surface area (Å²) in [6.45, 7) is 0. The standard InChI is InChI=1S/C2HN3OS/c3-1-2(4-3)7-6-5-1/h(H,3,5). The third-order valence-electron chi connectivity index (χ3n) is 0.711. The Hall–Kier alpha value is -0.840. The molecule has 0 unspecified atom stereocenters. The van der Waals surface area contributed by atoms with Crippen molar-refractivity contribution in [3.8, 4) is 10.8 Å². The molecule has 4 nitrogen and oxygen atoms in total. The molecular formula is C2HN3OS. The molecule has 2 aliphatic heterocycles. The van der Waals surface area contributed by atoms with Crippen molar-refractivity contribution in [3.63, 3.8) is 0 Å². The molecule has 0 aliphatic carbocycles. The zero-order valence-electron chi connectivity index (χ0n) is 3.21. The van der Waals surface area contributed by atoms with E-state index in [1.54, 1.807) is 0 Å². The normalized spacial score (nSPS) is 10.9. The van der Waals surface area contributed by atoms with Gasteiger partial charge in [-0.05, 0) is 5.16 Å². The lowest BCUT2D eigenvalue weighted by Gasteiger charge is -1.89. The van der Waals surface area contributed by atoms with Crippen molar-refractivity contribution < 1.29 is 3.96 Å². The van der Waals surface area contributed by atoms with Crippen LogP contribution in [0, 0.1) is 0 Å². The van der Waals surface area contributed by atoms with Crippen molar-refractivity contribution >= 4 is 11.6 Å². The van der Waals surface area contributed by atoms with E-state index in [9.17, 15) is 0 Å². The van der Waals surface area contributed by atoms with Crippen LogP contribution in [0.25, 0.3) is 10.8 Å². The highest BCUT2D eigenvalue weighted by Crippen LogP contribution is 2.19. The van der Waals surface area contributed by atoms with E-state index in [1.165, 1.54) is 11.6 Å². The van der Waals surface area contributed by atoms with Crippen molar-refractivity contribution in [3.05, 3.63) is 0 Å². The van der Waals surface area contributed by atoms with E-state index in [0.717, 1.165) is 10.8 Å². The largest absolute Gasteiger partial charge is 0.291 e. The van der Waals surface area contributed by atoms with Gasteiger partial charge in [-0.15, -0.1) is 0 Å². The van der Waals surface area contributed by atoms with E-state index in [4.69, 9.17) is 0 Å². The Morgan fingerprint density at radius 2 is 2.71 bits per heavy atom. The Labute approximate surface area is 42.7 Å². The van der Waals surface area contributed by atoms with Gasteiger partial charge in [0.05, 0.1) is 0 Å². The van der Waals surface area contributed by atoms with Crippen molar-refractivity contribution in [1.29, 1.82) is 0 Å². The zero-order valence-corrected chi connectivity index (χ0v) is 4.03. The SMILES string of the molecule is n1osc2n[nH]c1-2. The molecule has 0 radical (unpaired) electrons. The van der Waals surface area contributed by atoms with E-state index < -0.39 is 0 Å². The zero-order chi connectivity index (χ0) is 4.69. The summed E-state index contributed by atoms with van der Waals surface area (Å²) in [5.41, 5.74) is 0. The Bertz CT molecular complexity index is 198. The second-order valence-corrected chi connectivity index (χ2v) is 1.83. The van der Waals surface area contributed by atoms with E-state index in [0.29, 0.717) is 0 Å². The van der Waals surface area contributed by atoms with Gasteiger partial charge in [0, 0.05) is 0 Å². The summed E-state index contributed by atoms with van der Waals surface area (Å²) < 4.78 is 4.54. The summed E-state index contributed by atoms with van der Waals surface area (Å²) in [4.78, 5) is 0. The van der Waals surface area contributed by atoms with Crippen molar-refractivity contribution in [1.82, 2.24) is 15.4 Å². The van der Waals surface area contributed by atoms with E-state index in [-0.39, 0.29) is 0 Å². The quantitative estimate of drug-likeness (QED) is 0.546. The molecule has 0 aromatic rings. The molecule has 0 spiro atoms. The third kappa shape index (κ3) is 0.257. The number of aromatic amines is 1. The predicted octanol–water partition coefficient (Wildman–Crippen LogP) is 0.564. The molecule has 0 saturated carbocycles. The maximum atomic E-state index is 4.54. The maximum absolute atomic E-state index is 4.54. The molecule has 0 aromatic carbocycles. The van der Waals surface area contributed by atoms with Gasteiger partial charge < -0.3 is 0 Å². The Morgan fingerprint density at radius 3 is 3.00 bits per heavy atom. The van der Waals surface area contributed by atoms with Crippen LogP contribution in [0.1, 0.15) is 0 Å². The monoisotopic (exact) mass is 115 g/mol. The summed E-state index contributed by atoms with van der Waals surface area (Å²) in [5, 5.41) is 10.7. The number of H-pyrrole nitrogens is 1. The van der Waals surface area contributed by atoms with E-state index in [2.05, 4.69) is 19.3 Å². The van der Waals surface area contributed by atoms with Gasteiger partial charge in [-0.3, -0.25) is 9.05 Å². The van der Waals surface area contributed by atoms with Gasteiger partial charge in [0.25, 0.3) is 0 Å². The number of hydrogen-bond donors (Lipinski definition) is 1. The minimum Gasteiger partial charge on any atom is -0.291 e. The predicted molar refractivity (Wildman–Crippen MR) is 23.1 cm³/mol. The highest BCUT2D eigenvalue weighted by atomic mass is 32.1. The number of rotatable bonds is 0. The summed E-state index contributed by atoms with van der Waals surface area (Å²) in [6, 6.07) is 0. The molecular weight excluding hydrogens is 114 g/mol. The number of nitrogens with one attached hydrogen (secondary N) is 1. The van der Waals surface area contributed by atoms with Crippen molar-refractivity contribution in [2.75, 3.05) is 0 Å². The molecule has 0 amide bonds. The van der Waals surface area contributed by atoms with Crippen LogP contribution < -0.4 is 0 Å². The first-order valence-electron chi connectivity index (χ1n) is 1.72. The molecule has 7 heavy (non-hydrogen) atoms. The average Bonchev–Trinajstić information content (AvgIpc) is 1.85. The molecule has 0 bridgehead atoms. The lowest BCUT2D eigenvalue weighted by atomic mass is 10.6. The summed E-state index contributed by atoms with van der Waals surface area (Å²) >= 11 is 1.18. The highest BCUT2D eigenvalue weighted by Gasteiger charge is 2.11. The topological polar surface area (TPSA) is 54.7 Å². The smallest absolute Gasteiger partial charge is 0.229 e. The lowest BCUT2D eigenvalue weighted by Crippen LogP contribution is -1.93. The van der Waals surface area contributed by atoms with Crippen molar-refractivity contribution in [2.24, 2.45) is 0 Å². The minimum atomic E-state index is 0.755. The van der Waals surface area contributed by atoms with Crippen LogP contribution in [0.5, 0.6) is 0 Å². The Morgan fingerprint density at radius 1 is 1.71 bits per heavy atom. The fourth-order valence-electron chi connectivity index (χ4n) is 0.360. The summed E-state index contributed by atoms with van der Waals surface area (Å²) in [6.07, 6.45) is 0. The molecule has 2 rings (SSSR count). The van der Waals surface area contributed by atoms with Gasteiger partial charge in [0.2, 0.25) is 10.8 Å². The Balaban J connectivity index is 2.89. The number of fused-ring (bicyclic) bond motifs is 1. The minimum absolute atomic E-state index is 0.755. The van der Waals surface area contributed by atoms with E-state index in [1.807, 2.05) is 0 Å². The average molecular weight is 115 g/mol. The molecule has 0 saturated heterocycles. The first-order valence-corrected chi connectivity index (χ1v) is 2.47. The number of hydrogen-bond acceptors (Lipinski definition) is 4. The fraction of sp³-hybridized carbons (Fsp3) is 0. The van der Waals surface area contributed by atoms with Crippen LogP contribution in [0.2, 0.25) is 0 Å². The maximum Gasteiger partial charge on any atom is 0.229 e. The van der Waals surface area contributed by atoms with Gasteiger partial charge in [-0.1, -0.05) is 0 Å². The molecule has 5 heteroatoms. The second-order valence-electron chi connectivity index (χ2n) is 1.13. The molecule has 36 valence electrons. The summed E-state index contributed by atoms with van der Waals surface area (Å²) in [5.74, 6) is 0.755. The molecule has 1 N–H and O–H groups in total. The molecule has 0 aromatic heterocycles. The van der Waals surface area contributed by atoms with E-state index >= 15 is 0 Å². The summed E-state index contributed by atoms with van der Waals surface area (Å²) in [7, 11) is 0. The molecule has 2 heterocycles. The number of aromatic nitrogens is 3.